The number of aliphatic hydroxyl groups excluding tert-OH is 8. The average Bonchev–Trinajstić information content (AvgIpc) is 3.42. The molecule has 2 rings (SSSR count). The number of allylic oxidation sites excluding steroid dienone is 11. The van der Waals surface area contributed by atoms with Gasteiger partial charge in [0.2, 0.25) is 5.91 Å². The molecule has 12 atom stereocenters. The van der Waals surface area contributed by atoms with Crippen molar-refractivity contribution in [2.24, 2.45) is 0 Å². The number of nitrogens with one attached hydrogen (secondary N) is 1. The van der Waals surface area contributed by atoms with Crippen LogP contribution in [0.25, 0.3) is 0 Å². The molecule has 0 saturated carbocycles. The highest BCUT2D eigenvalue weighted by Crippen LogP contribution is 2.30. The predicted molar refractivity (Wildman–Crippen MR) is 304 cm³/mol. The SMILES string of the molecule is CC/C=C\C/C=C\C/C=C\C/C=C\CCCCCCCCCCCCCCC(=O)NC(COC1OC(CO)C(OC2OC(CO)C(O)C(O)C2O)C(O)C1O)C(O)/C=C/CC/C=C/CCCCCCCCCCCCC. The molecule has 2 aliphatic rings. The highest BCUT2D eigenvalue weighted by atomic mass is 16.7. The molecule has 0 aromatic rings. The molecule has 0 spiro atoms. The fourth-order valence-corrected chi connectivity index (χ4v) is 9.53. The molecule has 0 radical (unpaired) electrons. The van der Waals surface area contributed by atoms with Crippen LogP contribution in [-0.2, 0) is 23.7 Å². The summed E-state index contributed by atoms with van der Waals surface area (Å²) in [5.41, 5.74) is 0. The van der Waals surface area contributed by atoms with Crippen LogP contribution in [0.1, 0.15) is 219 Å². The summed E-state index contributed by atoms with van der Waals surface area (Å²) in [6.45, 7) is 2.67. The van der Waals surface area contributed by atoms with E-state index in [0.29, 0.717) is 12.8 Å². The van der Waals surface area contributed by atoms with Gasteiger partial charge in [-0.15, -0.1) is 0 Å². The van der Waals surface area contributed by atoms with E-state index in [0.717, 1.165) is 64.2 Å². The second kappa shape index (κ2) is 47.3. The summed E-state index contributed by atoms with van der Waals surface area (Å²) >= 11 is 0. The van der Waals surface area contributed by atoms with Crippen molar-refractivity contribution < 1.29 is 64.6 Å². The standard InChI is InChI=1S/C62H109NO13/c1-3-5-7-9-11-13-15-17-19-21-22-23-24-25-26-27-28-30-32-34-36-38-40-42-44-46-54(67)63-50(51(66)45-43-41-39-37-35-33-31-29-20-18-16-14-12-10-8-6-4-2)49-73-61-59(72)57(70)60(53(48-65)75-61)76-62-58(71)56(69)55(68)52(47-64)74-62/h5,7,11,13,17,19,22-23,35,37,43,45,50-53,55-62,64-66,68-72H,3-4,6,8-10,12,14-16,18,20-21,24-34,36,38-42,44,46-49H2,1-2H3,(H,63,67)/b7-5-,13-11-,19-17-,23-22-,37-35+,45-43+. The summed E-state index contributed by atoms with van der Waals surface area (Å²) in [6, 6.07) is -0.936. The van der Waals surface area contributed by atoms with Crippen LogP contribution in [0.15, 0.2) is 72.9 Å². The van der Waals surface area contributed by atoms with Gasteiger partial charge in [0.1, 0.15) is 48.8 Å². The van der Waals surface area contributed by atoms with Crippen molar-refractivity contribution in [2.45, 2.75) is 293 Å². The van der Waals surface area contributed by atoms with Crippen LogP contribution in [-0.4, -0.2) is 140 Å². The fourth-order valence-electron chi connectivity index (χ4n) is 9.53. The largest absolute Gasteiger partial charge is 0.394 e. The van der Waals surface area contributed by atoms with Crippen LogP contribution in [0, 0.1) is 0 Å². The number of carbonyl (C=O) groups excluding carboxylic acids is 1. The molecule has 0 aliphatic carbocycles. The number of unbranched alkanes of at least 4 members (excludes halogenated alkanes) is 24. The summed E-state index contributed by atoms with van der Waals surface area (Å²) < 4.78 is 22.8. The minimum absolute atomic E-state index is 0.253. The summed E-state index contributed by atoms with van der Waals surface area (Å²) in [6.07, 6.45) is 45.1. The van der Waals surface area contributed by atoms with Crippen molar-refractivity contribution >= 4 is 5.91 Å². The predicted octanol–water partition coefficient (Wildman–Crippen LogP) is 10.3. The van der Waals surface area contributed by atoms with E-state index in [2.05, 4.69) is 79.9 Å². The van der Waals surface area contributed by atoms with Gasteiger partial charge in [0.25, 0.3) is 0 Å². The lowest BCUT2D eigenvalue weighted by atomic mass is 9.97. The van der Waals surface area contributed by atoms with Gasteiger partial charge in [-0.3, -0.25) is 4.79 Å². The molecule has 12 unspecified atom stereocenters. The van der Waals surface area contributed by atoms with E-state index in [4.69, 9.17) is 18.9 Å². The molecule has 0 aromatic heterocycles. The van der Waals surface area contributed by atoms with Crippen LogP contribution < -0.4 is 5.32 Å². The first-order chi connectivity index (χ1) is 37.1. The normalized spacial score (nSPS) is 25.4. The van der Waals surface area contributed by atoms with Gasteiger partial charge in [-0.2, -0.15) is 0 Å². The second-order valence-electron chi connectivity index (χ2n) is 21.1. The minimum atomic E-state index is -1.79. The van der Waals surface area contributed by atoms with Gasteiger partial charge in [0.05, 0.1) is 32.0 Å². The first-order valence-electron chi connectivity index (χ1n) is 30.2. The molecule has 0 aromatic carbocycles. The second-order valence-corrected chi connectivity index (χ2v) is 21.1. The first-order valence-corrected chi connectivity index (χ1v) is 30.2. The average molecular weight is 1080 g/mol. The molecule has 76 heavy (non-hydrogen) atoms. The van der Waals surface area contributed by atoms with Gasteiger partial charge in [-0.1, -0.05) is 215 Å². The molecule has 2 aliphatic heterocycles. The Balaban J connectivity index is 1.76. The smallest absolute Gasteiger partial charge is 0.220 e. The number of ether oxygens (including phenoxy) is 4. The van der Waals surface area contributed by atoms with Crippen molar-refractivity contribution in [3.63, 3.8) is 0 Å². The third-order valence-corrected chi connectivity index (χ3v) is 14.4. The molecule has 14 heteroatoms. The molecule has 14 nitrogen and oxygen atoms in total. The Bertz CT molecular complexity index is 1550. The molecule has 2 saturated heterocycles. The Labute approximate surface area is 459 Å². The Morgan fingerprint density at radius 3 is 1.45 bits per heavy atom. The van der Waals surface area contributed by atoms with Gasteiger partial charge in [0, 0.05) is 6.42 Å². The number of amides is 1. The van der Waals surface area contributed by atoms with Crippen LogP contribution in [0.3, 0.4) is 0 Å². The Hall–Kier alpha value is -2.57. The first kappa shape index (κ1) is 69.5. The van der Waals surface area contributed by atoms with Gasteiger partial charge in [-0.25, -0.2) is 0 Å². The van der Waals surface area contributed by atoms with E-state index in [1.807, 2.05) is 6.08 Å². The lowest BCUT2D eigenvalue weighted by Gasteiger charge is -2.46. The fraction of sp³-hybridized carbons (Fsp3) is 0.790. The molecule has 0 bridgehead atoms. The molecule has 440 valence electrons. The highest BCUT2D eigenvalue weighted by Gasteiger charge is 2.51. The van der Waals surface area contributed by atoms with Crippen molar-refractivity contribution in [1.29, 1.82) is 0 Å². The molecule has 9 N–H and O–H groups in total. The van der Waals surface area contributed by atoms with Gasteiger partial charge >= 0.3 is 0 Å². The van der Waals surface area contributed by atoms with Crippen LogP contribution in [0.5, 0.6) is 0 Å². The molecular formula is C62H109NO13. The summed E-state index contributed by atoms with van der Waals surface area (Å²) in [5, 5.41) is 87.1. The Morgan fingerprint density at radius 1 is 0.487 bits per heavy atom. The molecule has 2 heterocycles. The summed E-state index contributed by atoms with van der Waals surface area (Å²) in [7, 11) is 0. The maximum Gasteiger partial charge on any atom is 0.220 e. The number of hydrogen-bond donors (Lipinski definition) is 9. The summed E-state index contributed by atoms with van der Waals surface area (Å²) in [5.74, 6) is -0.253. The van der Waals surface area contributed by atoms with E-state index in [1.165, 1.54) is 122 Å². The minimum Gasteiger partial charge on any atom is -0.394 e. The van der Waals surface area contributed by atoms with E-state index in [9.17, 15) is 45.6 Å². The van der Waals surface area contributed by atoms with Gasteiger partial charge in [-0.05, 0) is 70.6 Å². The third kappa shape index (κ3) is 32.5. The third-order valence-electron chi connectivity index (χ3n) is 14.4. The maximum atomic E-state index is 13.3. The maximum absolute atomic E-state index is 13.3. The Morgan fingerprint density at radius 2 is 0.921 bits per heavy atom. The van der Waals surface area contributed by atoms with Crippen molar-refractivity contribution in [2.75, 3.05) is 19.8 Å². The summed E-state index contributed by atoms with van der Waals surface area (Å²) in [4.78, 5) is 13.3. The van der Waals surface area contributed by atoms with Crippen LogP contribution >= 0.6 is 0 Å². The monoisotopic (exact) mass is 1080 g/mol. The zero-order valence-electron chi connectivity index (χ0n) is 47.2. The lowest BCUT2D eigenvalue weighted by molar-refractivity contribution is -0.359. The number of rotatable bonds is 47. The molecule has 2 fully saturated rings. The van der Waals surface area contributed by atoms with Gasteiger partial charge < -0.3 is 65.1 Å². The van der Waals surface area contributed by atoms with E-state index in [-0.39, 0.29) is 18.9 Å². The number of hydrogen-bond acceptors (Lipinski definition) is 13. The topological polar surface area (TPSA) is 228 Å². The lowest BCUT2D eigenvalue weighted by Crippen LogP contribution is -2.65. The van der Waals surface area contributed by atoms with Gasteiger partial charge in [0.15, 0.2) is 12.6 Å². The van der Waals surface area contributed by atoms with Crippen molar-refractivity contribution in [3.8, 4) is 0 Å². The molecule has 1 amide bonds. The quantitative estimate of drug-likeness (QED) is 0.0204. The Kier molecular flexibility index (Phi) is 43.2. The highest BCUT2D eigenvalue weighted by molar-refractivity contribution is 5.76. The van der Waals surface area contributed by atoms with E-state index < -0.39 is 86.8 Å². The van der Waals surface area contributed by atoms with Crippen LogP contribution in [0.4, 0.5) is 0 Å². The van der Waals surface area contributed by atoms with E-state index >= 15 is 0 Å². The van der Waals surface area contributed by atoms with Crippen molar-refractivity contribution in [1.82, 2.24) is 5.32 Å². The van der Waals surface area contributed by atoms with Crippen molar-refractivity contribution in [3.05, 3.63) is 72.9 Å². The zero-order chi connectivity index (χ0) is 55.3. The number of carbonyl (C=O) groups is 1. The van der Waals surface area contributed by atoms with Crippen LogP contribution in [0.2, 0.25) is 0 Å². The zero-order valence-corrected chi connectivity index (χ0v) is 47.2. The number of aliphatic hydroxyl groups is 8. The molecular weight excluding hydrogens is 967 g/mol. The van der Waals surface area contributed by atoms with E-state index in [1.54, 1.807) is 6.08 Å².